The average Bonchev–Trinajstić information content (AvgIpc) is 2.30. The molecule has 2 nitrogen and oxygen atoms in total. The van der Waals surface area contributed by atoms with E-state index < -0.39 is 0 Å². The molecule has 1 heterocycles. The predicted molar refractivity (Wildman–Crippen MR) is 73.0 cm³/mol. The highest BCUT2D eigenvalue weighted by molar-refractivity contribution is 5.14. The van der Waals surface area contributed by atoms with E-state index in [1.54, 1.807) is 0 Å². The van der Waals surface area contributed by atoms with E-state index in [1.807, 2.05) is 0 Å². The van der Waals surface area contributed by atoms with Crippen molar-refractivity contribution in [2.75, 3.05) is 19.6 Å². The Balaban J connectivity index is 1.85. The van der Waals surface area contributed by atoms with Crippen LogP contribution in [0.25, 0.3) is 0 Å². The molecule has 1 aliphatic rings. The van der Waals surface area contributed by atoms with Crippen molar-refractivity contribution in [3.05, 3.63) is 35.9 Å². The average molecular weight is 232 g/mol. The fourth-order valence-electron chi connectivity index (χ4n) is 2.61. The Kier molecular flexibility index (Phi) is 4.57. The van der Waals surface area contributed by atoms with Crippen LogP contribution in [-0.2, 0) is 6.54 Å². The molecule has 0 amide bonds. The van der Waals surface area contributed by atoms with E-state index >= 15 is 0 Å². The van der Waals surface area contributed by atoms with Gasteiger partial charge in [0, 0.05) is 32.2 Å². The van der Waals surface area contributed by atoms with E-state index in [2.05, 4.69) is 54.4 Å². The predicted octanol–water partition coefficient (Wildman–Crippen LogP) is 2.51. The summed E-state index contributed by atoms with van der Waals surface area (Å²) in [6, 6.07) is 11.5. The minimum atomic E-state index is 0.674. The number of piperazine rings is 1. The zero-order valence-corrected chi connectivity index (χ0v) is 11.0. The van der Waals surface area contributed by atoms with Gasteiger partial charge in [0.1, 0.15) is 0 Å². The fraction of sp³-hybridized carbons (Fsp3) is 0.600. The van der Waals surface area contributed by atoms with Gasteiger partial charge >= 0.3 is 0 Å². The molecular formula is C15H24N2. The number of nitrogens with zero attached hydrogens (tertiary/aromatic N) is 1. The molecule has 1 aliphatic heterocycles. The van der Waals surface area contributed by atoms with Crippen molar-refractivity contribution in [3.63, 3.8) is 0 Å². The largest absolute Gasteiger partial charge is 0.311 e. The quantitative estimate of drug-likeness (QED) is 0.858. The first-order valence-corrected chi connectivity index (χ1v) is 6.73. The van der Waals surface area contributed by atoms with E-state index in [1.165, 1.54) is 25.1 Å². The second-order valence-corrected chi connectivity index (χ2v) is 5.50. The zero-order valence-electron chi connectivity index (χ0n) is 11.0. The van der Waals surface area contributed by atoms with Crippen LogP contribution in [0.5, 0.6) is 0 Å². The second kappa shape index (κ2) is 6.18. The van der Waals surface area contributed by atoms with Crippen molar-refractivity contribution >= 4 is 0 Å². The smallest absolute Gasteiger partial charge is 0.0234 e. The van der Waals surface area contributed by atoms with Crippen LogP contribution in [0.3, 0.4) is 0 Å². The third-order valence-electron chi connectivity index (χ3n) is 3.34. The van der Waals surface area contributed by atoms with Crippen molar-refractivity contribution < 1.29 is 0 Å². The molecule has 1 atom stereocenters. The maximum Gasteiger partial charge on any atom is 0.0234 e. The van der Waals surface area contributed by atoms with Crippen LogP contribution >= 0.6 is 0 Å². The van der Waals surface area contributed by atoms with Gasteiger partial charge < -0.3 is 5.32 Å². The molecule has 2 rings (SSSR count). The van der Waals surface area contributed by atoms with Crippen molar-refractivity contribution in [1.29, 1.82) is 0 Å². The maximum absolute atomic E-state index is 3.62. The van der Waals surface area contributed by atoms with Crippen molar-refractivity contribution in [3.8, 4) is 0 Å². The summed E-state index contributed by atoms with van der Waals surface area (Å²) in [6.07, 6.45) is 1.28. The number of rotatable bonds is 4. The van der Waals surface area contributed by atoms with Crippen LogP contribution in [0, 0.1) is 5.92 Å². The van der Waals surface area contributed by atoms with E-state index in [4.69, 9.17) is 0 Å². The molecule has 0 aromatic heterocycles. The molecular weight excluding hydrogens is 208 g/mol. The highest BCUT2D eigenvalue weighted by Gasteiger charge is 2.19. The van der Waals surface area contributed by atoms with Crippen LogP contribution in [0.2, 0.25) is 0 Å². The van der Waals surface area contributed by atoms with Gasteiger partial charge in [-0.05, 0) is 17.9 Å². The van der Waals surface area contributed by atoms with Gasteiger partial charge in [-0.25, -0.2) is 0 Å². The molecule has 2 heteroatoms. The molecule has 0 radical (unpaired) electrons. The number of nitrogens with one attached hydrogen (secondary N) is 1. The van der Waals surface area contributed by atoms with Gasteiger partial charge in [0.15, 0.2) is 0 Å². The van der Waals surface area contributed by atoms with Crippen LogP contribution < -0.4 is 5.32 Å². The summed E-state index contributed by atoms with van der Waals surface area (Å²) < 4.78 is 0. The summed E-state index contributed by atoms with van der Waals surface area (Å²) in [5, 5.41) is 3.62. The maximum atomic E-state index is 3.62. The molecule has 0 spiro atoms. The Morgan fingerprint density at radius 1 is 1.29 bits per heavy atom. The molecule has 1 aromatic rings. The van der Waals surface area contributed by atoms with Gasteiger partial charge in [-0.3, -0.25) is 4.90 Å². The van der Waals surface area contributed by atoms with Gasteiger partial charge in [-0.1, -0.05) is 44.2 Å². The second-order valence-electron chi connectivity index (χ2n) is 5.50. The lowest BCUT2D eigenvalue weighted by Crippen LogP contribution is -2.50. The topological polar surface area (TPSA) is 15.3 Å². The van der Waals surface area contributed by atoms with Gasteiger partial charge in [0.05, 0.1) is 0 Å². The molecule has 94 valence electrons. The van der Waals surface area contributed by atoms with Crippen LogP contribution in [0.4, 0.5) is 0 Å². The Bertz CT molecular complexity index is 321. The fourth-order valence-corrected chi connectivity index (χ4v) is 2.61. The first kappa shape index (κ1) is 12.6. The van der Waals surface area contributed by atoms with Gasteiger partial charge in [-0.15, -0.1) is 0 Å². The number of benzene rings is 1. The lowest BCUT2D eigenvalue weighted by atomic mass is 10.0. The summed E-state index contributed by atoms with van der Waals surface area (Å²) >= 11 is 0. The summed E-state index contributed by atoms with van der Waals surface area (Å²) in [6.45, 7) is 9.19. The normalized spacial score (nSPS) is 21.9. The molecule has 17 heavy (non-hydrogen) atoms. The third-order valence-corrected chi connectivity index (χ3v) is 3.34. The van der Waals surface area contributed by atoms with Crippen molar-refractivity contribution in [2.45, 2.75) is 32.9 Å². The van der Waals surface area contributed by atoms with E-state index in [0.29, 0.717) is 6.04 Å². The Hall–Kier alpha value is -0.860. The SMILES string of the molecule is CC(C)CC1CN(Cc2ccccc2)CCN1. The molecule has 0 saturated carbocycles. The molecule has 0 bridgehead atoms. The first-order valence-electron chi connectivity index (χ1n) is 6.73. The molecule has 0 aliphatic carbocycles. The minimum absolute atomic E-state index is 0.674. The standard InChI is InChI=1S/C15H24N2/c1-13(2)10-15-12-17(9-8-16-15)11-14-6-4-3-5-7-14/h3-7,13,15-16H,8-12H2,1-2H3. The lowest BCUT2D eigenvalue weighted by Gasteiger charge is -2.34. The van der Waals surface area contributed by atoms with E-state index in [0.717, 1.165) is 19.0 Å². The van der Waals surface area contributed by atoms with Crippen LogP contribution in [0.15, 0.2) is 30.3 Å². The van der Waals surface area contributed by atoms with Crippen LogP contribution in [-0.4, -0.2) is 30.6 Å². The van der Waals surface area contributed by atoms with Gasteiger partial charge in [-0.2, -0.15) is 0 Å². The molecule has 1 N–H and O–H groups in total. The van der Waals surface area contributed by atoms with Crippen LogP contribution in [0.1, 0.15) is 25.8 Å². The van der Waals surface area contributed by atoms with Gasteiger partial charge in [0.25, 0.3) is 0 Å². The summed E-state index contributed by atoms with van der Waals surface area (Å²) in [5.74, 6) is 0.782. The van der Waals surface area contributed by atoms with E-state index in [9.17, 15) is 0 Å². The summed E-state index contributed by atoms with van der Waals surface area (Å²) in [4.78, 5) is 2.57. The Labute approximate surface area is 105 Å². The highest BCUT2D eigenvalue weighted by Crippen LogP contribution is 2.12. The molecule has 1 fully saturated rings. The van der Waals surface area contributed by atoms with Gasteiger partial charge in [0.2, 0.25) is 0 Å². The van der Waals surface area contributed by atoms with Crippen molar-refractivity contribution in [2.24, 2.45) is 5.92 Å². The zero-order chi connectivity index (χ0) is 12.1. The van der Waals surface area contributed by atoms with E-state index in [-0.39, 0.29) is 0 Å². The minimum Gasteiger partial charge on any atom is -0.311 e. The highest BCUT2D eigenvalue weighted by atomic mass is 15.2. The number of hydrogen-bond acceptors (Lipinski definition) is 2. The Morgan fingerprint density at radius 3 is 2.76 bits per heavy atom. The summed E-state index contributed by atoms with van der Waals surface area (Å²) in [5.41, 5.74) is 1.43. The lowest BCUT2D eigenvalue weighted by molar-refractivity contribution is 0.179. The van der Waals surface area contributed by atoms with Crippen molar-refractivity contribution in [1.82, 2.24) is 10.2 Å². The molecule has 1 saturated heterocycles. The third kappa shape index (κ3) is 4.14. The molecule has 1 aromatic carbocycles. The monoisotopic (exact) mass is 232 g/mol. The Morgan fingerprint density at radius 2 is 2.06 bits per heavy atom. The molecule has 1 unspecified atom stereocenters. The summed E-state index contributed by atoms with van der Waals surface area (Å²) in [7, 11) is 0. The number of hydrogen-bond donors (Lipinski definition) is 1. The first-order chi connectivity index (χ1) is 8.24.